The fourth-order valence-corrected chi connectivity index (χ4v) is 4.88. The van der Waals surface area contributed by atoms with E-state index in [1.165, 1.54) is 18.2 Å². The molecule has 164 valence electrons. The van der Waals surface area contributed by atoms with Crippen molar-refractivity contribution >= 4 is 59.2 Å². The zero-order valence-corrected chi connectivity index (χ0v) is 20.2. The van der Waals surface area contributed by atoms with E-state index in [2.05, 4.69) is 31.9 Å². The number of phenols is 1. The highest BCUT2D eigenvalue weighted by atomic mass is 79.9. The van der Waals surface area contributed by atoms with Crippen LogP contribution < -0.4 is 0 Å². The first-order valence-electron chi connectivity index (χ1n) is 9.03. The smallest absolute Gasteiger partial charge is 0.311 e. The van der Waals surface area contributed by atoms with Crippen molar-refractivity contribution in [2.45, 2.75) is 5.75 Å². The van der Waals surface area contributed by atoms with Gasteiger partial charge in [-0.3, -0.25) is 14.9 Å². The third-order valence-corrected chi connectivity index (χ3v) is 7.17. The molecule has 0 heterocycles. The summed E-state index contributed by atoms with van der Waals surface area (Å²) in [6.45, 7) is 0. The number of nitrogens with zero attached hydrogens (tertiary/aromatic N) is 1. The van der Waals surface area contributed by atoms with Crippen molar-refractivity contribution in [2.75, 3.05) is 0 Å². The summed E-state index contributed by atoms with van der Waals surface area (Å²) in [4.78, 5) is 23.0. The van der Waals surface area contributed by atoms with E-state index in [0.717, 1.165) is 22.7 Å². The molecule has 0 aliphatic rings. The second kappa shape index (κ2) is 9.76. The van der Waals surface area contributed by atoms with Gasteiger partial charge in [-0.25, -0.2) is 8.42 Å². The Morgan fingerprint density at radius 2 is 1.53 bits per heavy atom. The topological polar surface area (TPSA) is 115 Å². The summed E-state index contributed by atoms with van der Waals surface area (Å²) in [6, 6.07) is 16.2. The molecule has 0 radical (unpaired) electrons. The lowest BCUT2D eigenvalue weighted by Crippen LogP contribution is -2.16. The number of nitro groups is 1. The number of carbonyl (C=O) groups excluding carboxylic acids is 1. The number of hydrogen-bond donors (Lipinski definition) is 1. The van der Waals surface area contributed by atoms with Gasteiger partial charge in [0, 0.05) is 20.6 Å². The van der Waals surface area contributed by atoms with Crippen molar-refractivity contribution in [1.29, 1.82) is 0 Å². The van der Waals surface area contributed by atoms with Crippen LogP contribution in [0.5, 0.6) is 5.75 Å². The number of phenolic OH excluding ortho intramolecular Hbond substituents is 1. The van der Waals surface area contributed by atoms with Crippen molar-refractivity contribution in [1.82, 2.24) is 0 Å². The number of nitro benzene ring substituents is 1. The fraction of sp³-hybridized carbons (Fsp3) is 0.0455. The Balaban J connectivity index is 2.12. The molecular formula is C22H15Br2NO6S. The number of hydrogen-bond acceptors (Lipinski definition) is 6. The second-order valence-electron chi connectivity index (χ2n) is 6.74. The lowest BCUT2D eigenvalue weighted by molar-refractivity contribution is -0.385. The van der Waals surface area contributed by atoms with E-state index in [0.29, 0.717) is 10.0 Å². The monoisotopic (exact) mass is 579 g/mol. The summed E-state index contributed by atoms with van der Waals surface area (Å²) >= 11 is 6.56. The van der Waals surface area contributed by atoms with Crippen LogP contribution in [0.2, 0.25) is 0 Å². The highest BCUT2D eigenvalue weighted by Crippen LogP contribution is 2.29. The Kier molecular flexibility index (Phi) is 7.27. The van der Waals surface area contributed by atoms with Crippen molar-refractivity contribution in [2.24, 2.45) is 0 Å². The van der Waals surface area contributed by atoms with Gasteiger partial charge in [-0.1, -0.05) is 50.1 Å². The maximum Gasteiger partial charge on any atom is 0.311 e. The SMILES string of the molecule is O=C(/C(=C\c1ccc(O)c([N+](=O)[O-])c1)S(=O)(=O)Cc1ccc(Br)cc1)c1ccc(Br)cc1. The third kappa shape index (κ3) is 5.70. The van der Waals surface area contributed by atoms with Gasteiger partial charge in [-0.15, -0.1) is 0 Å². The Hall–Kier alpha value is -2.82. The first-order chi connectivity index (χ1) is 15.1. The van der Waals surface area contributed by atoms with E-state index in [-0.39, 0.29) is 11.1 Å². The van der Waals surface area contributed by atoms with Crippen LogP contribution in [0.4, 0.5) is 5.69 Å². The molecule has 3 rings (SSSR count). The molecule has 3 aromatic rings. The average molecular weight is 581 g/mol. The molecular weight excluding hydrogens is 566 g/mol. The van der Waals surface area contributed by atoms with Crippen LogP contribution in [0.1, 0.15) is 21.5 Å². The van der Waals surface area contributed by atoms with E-state index in [4.69, 9.17) is 0 Å². The minimum atomic E-state index is -4.14. The van der Waals surface area contributed by atoms with Gasteiger partial charge in [-0.2, -0.15) is 0 Å². The molecule has 0 fully saturated rings. The summed E-state index contributed by atoms with van der Waals surface area (Å²) in [5.74, 6) is -1.75. The third-order valence-electron chi connectivity index (χ3n) is 4.43. The van der Waals surface area contributed by atoms with Crippen LogP contribution in [-0.2, 0) is 15.6 Å². The molecule has 10 heteroatoms. The van der Waals surface area contributed by atoms with E-state index in [1.807, 2.05) is 0 Å². The van der Waals surface area contributed by atoms with Crippen LogP contribution >= 0.6 is 31.9 Å². The number of ketones is 1. The van der Waals surface area contributed by atoms with E-state index >= 15 is 0 Å². The lowest BCUT2D eigenvalue weighted by atomic mass is 10.1. The minimum absolute atomic E-state index is 0.0920. The summed E-state index contributed by atoms with van der Waals surface area (Å²) in [7, 11) is -4.14. The number of halogens is 2. The Labute approximate surface area is 200 Å². The number of Topliss-reactive ketones (excluding diaryl/α,β-unsaturated/α-hetero) is 1. The normalized spacial score (nSPS) is 11.9. The molecule has 7 nitrogen and oxygen atoms in total. The molecule has 0 amide bonds. The van der Waals surface area contributed by atoms with Gasteiger partial charge < -0.3 is 5.11 Å². The van der Waals surface area contributed by atoms with E-state index in [1.54, 1.807) is 36.4 Å². The molecule has 3 aromatic carbocycles. The van der Waals surface area contributed by atoms with Gasteiger partial charge in [-0.05, 0) is 59.7 Å². The molecule has 0 atom stereocenters. The van der Waals surface area contributed by atoms with Gasteiger partial charge in [0.1, 0.15) is 4.91 Å². The van der Waals surface area contributed by atoms with Crippen molar-refractivity contribution in [3.05, 3.63) is 107 Å². The van der Waals surface area contributed by atoms with Crippen LogP contribution in [0.3, 0.4) is 0 Å². The molecule has 0 saturated heterocycles. The lowest BCUT2D eigenvalue weighted by Gasteiger charge is -2.10. The van der Waals surface area contributed by atoms with Crippen LogP contribution in [0.25, 0.3) is 6.08 Å². The maximum atomic E-state index is 13.3. The largest absolute Gasteiger partial charge is 0.502 e. The molecule has 0 aliphatic heterocycles. The number of aromatic hydroxyl groups is 1. The number of carbonyl (C=O) groups is 1. The van der Waals surface area contributed by atoms with Gasteiger partial charge in [0.2, 0.25) is 5.78 Å². The number of allylic oxidation sites excluding steroid dienone is 1. The van der Waals surface area contributed by atoms with Gasteiger partial charge in [0.25, 0.3) is 0 Å². The van der Waals surface area contributed by atoms with Crippen LogP contribution in [0, 0.1) is 10.1 Å². The quantitative estimate of drug-likeness (QED) is 0.167. The Morgan fingerprint density at radius 1 is 0.969 bits per heavy atom. The number of rotatable bonds is 7. The molecule has 0 bridgehead atoms. The molecule has 32 heavy (non-hydrogen) atoms. The maximum absolute atomic E-state index is 13.3. The van der Waals surface area contributed by atoms with Gasteiger partial charge in [0.15, 0.2) is 15.6 Å². The van der Waals surface area contributed by atoms with Crippen molar-refractivity contribution in [3.8, 4) is 5.75 Å². The average Bonchev–Trinajstić information content (AvgIpc) is 2.74. The standard InChI is InChI=1S/C22H15Br2NO6S/c23-17-6-1-14(2-7-17)13-32(30,31)21(22(27)16-4-8-18(24)9-5-16)12-15-3-10-20(26)19(11-15)25(28)29/h1-12,26H,13H2/b21-12+. The molecule has 0 unspecified atom stereocenters. The van der Waals surface area contributed by atoms with Gasteiger partial charge >= 0.3 is 5.69 Å². The molecule has 0 spiro atoms. The Bertz CT molecular complexity index is 1320. The minimum Gasteiger partial charge on any atom is -0.502 e. The van der Waals surface area contributed by atoms with Crippen LogP contribution in [-0.4, -0.2) is 24.2 Å². The van der Waals surface area contributed by atoms with Gasteiger partial charge in [0.05, 0.1) is 10.7 Å². The highest BCUT2D eigenvalue weighted by molar-refractivity contribution is 9.10. The summed E-state index contributed by atoms with van der Waals surface area (Å²) in [6.07, 6.45) is 1.09. The molecule has 0 aliphatic carbocycles. The fourth-order valence-electron chi connectivity index (χ4n) is 2.85. The molecule has 0 saturated carbocycles. The van der Waals surface area contributed by atoms with Crippen molar-refractivity contribution < 1.29 is 23.2 Å². The summed E-state index contributed by atoms with van der Waals surface area (Å²) in [5, 5.41) is 20.8. The predicted molar refractivity (Wildman–Crippen MR) is 128 cm³/mol. The first-order valence-corrected chi connectivity index (χ1v) is 12.3. The molecule has 0 aromatic heterocycles. The zero-order valence-electron chi connectivity index (χ0n) is 16.2. The highest BCUT2D eigenvalue weighted by Gasteiger charge is 2.27. The molecule has 1 N–H and O–H groups in total. The predicted octanol–water partition coefficient (Wildman–Crippen LogP) is 5.66. The number of sulfone groups is 1. The Morgan fingerprint density at radius 3 is 2.09 bits per heavy atom. The van der Waals surface area contributed by atoms with E-state index in [9.17, 15) is 28.4 Å². The van der Waals surface area contributed by atoms with E-state index < -0.39 is 42.6 Å². The second-order valence-corrected chi connectivity index (χ2v) is 10.5. The zero-order chi connectivity index (χ0) is 23.5. The first kappa shape index (κ1) is 23.8. The number of benzene rings is 3. The van der Waals surface area contributed by atoms with Crippen LogP contribution in [0.15, 0.2) is 80.6 Å². The summed E-state index contributed by atoms with van der Waals surface area (Å²) < 4.78 is 28.0. The summed E-state index contributed by atoms with van der Waals surface area (Å²) in [5.41, 5.74) is 0.111. The van der Waals surface area contributed by atoms with Crippen molar-refractivity contribution in [3.63, 3.8) is 0 Å².